The van der Waals surface area contributed by atoms with E-state index < -0.39 is 39.4 Å². The number of hydrogen-bond donors (Lipinski definition) is 0. The second-order valence-electron chi connectivity index (χ2n) is 6.19. The summed E-state index contributed by atoms with van der Waals surface area (Å²) in [5.74, 6) is 0. The van der Waals surface area contributed by atoms with Gasteiger partial charge >= 0.3 is 11.0 Å². The highest BCUT2D eigenvalue weighted by Gasteiger charge is 2.46. The van der Waals surface area contributed by atoms with Crippen LogP contribution >= 0.6 is 0 Å². The molecule has 0 amide bonds. The first kappa shape index (κ1) is 26.8. The van der Waals surface area contributed by atoms with Crippen molar-refractivity contribution in [1.29, 1.82) is 0 Å². The molecule has 1 heterocycles. The van der Waals surface area contributed by atoms with Gasteiger partial charge in [0.2, 0.25) is 6.33 Å². The topological polar surface area (TPSA) is 100 Å². The van der Waals surface area contributed by atoms with Gasteiger partial charge in [-0.15, -0.1) is 0 Å². The quantitative estimate of drug-likeness (QED) is 0.354. The number of aryl methyl sites for hydroxylation is 1. The highest BCUT2D eigenvalue weighted by molar-refractivity contribution is 8.13. The van der Waals surface area contributed by atoms with Crippen LogP contribution in [0.1, 0.15) is 0 Å². The summed E-state index contributed by atoms with van der Waals surface area (Å²) in [5, 5.41) is 0. The Hall–Kier alpha value is -1.17. The van der Waals surface area contributed by atoms with E-state index in [1.807, 2.05) is 17.8 Å². The van der Waals surface area contributed by atoms with E-state index in [4.69, 9.17) is 4.43 Å². The minimum Gasteiger partial charge on any atom is -0.421 e. The van der Waals surface area contributed by atoms with Crippen LogP contribution < -0.4 is 4.57 Å². The monoisotopic (exact) mass is 479 g/mol. The molecule has 17 heteroatoms. The van der Waals surface area contributed by atoms with Crippen LogP contribution in [0.5, 0.6) is 0 Å². The molecule has 0 aliphatic carbocycles. The summed E-state index contributed by atoms with van der Waals surface area (Å²) < 4.78 is 119. The van der Waals surface area contributed by atoms with Gasteiger partial charge in [-0.1, -0.05) is 0 Å². The summed E-state index contributed by atoms with van der Waals surface area (Å²) in [7, 11) is -12.7. The van der Waals surface area contributed by atoms with Crippen LogP contribution in [0.2, 0.25) is 19.6 Å². The summed E-state index contributed by atoms with van der Waals surface area (Å²) in [6.45, 7) is 8.41. The molecule has 0 N–H and O–H groups in total. The van der Waals surface area contributed by atoms with Gasteiger partial charge in [0.05, 0.1) is 13.7 Å². The standard InChI is InChI=1S/C9H19N2OSi.C2F6NO4S2/c1-10-5-6-11(9-10)7-8-12-13(2,3)4;3-1(4,5)14(10,11)9-15(12,13)2(6,7)8/h5-6,9H,7-8H2,1-4H3;/q+1;-1. The van der Waals surface area contributed by atoms with E-state index in [9.17, 15) is 43.2 Å². The molecule has 1 rings (SSSR count). The smallest absolute Gasteiger partial charge is 0.421 e. The van der Waals surface area contributed by atoms with Gasteiger partial charge in [0.25, 0.3) is 0 Å². The zero-order valence-corrected chi connectivity index (χ0v) is 17.7. The van der Waals surface area contributed by atoms with Gasteiger partial charge in [0, 0.05) is 0 Å². The molecule has 1 aromatic heterocycles. The molecule has 0 fully saturated rings. The molecule has 1 aromatic rings. The molecular formula is C11H19F6N3O5S2Si. The third kappa shape index (κ3) is 9.35. The molecule has 0 atom stereocenters. The number of imidazole rings is 1. The largest absolute Gasteiger partial charge is 0.480 e. The van der Waals surface area contributed by atoms with Gasteiger partial charge in [-0.2, -0.15) is 26.3 Å². The first-order chi connectivity index (χ1) is 12.2. The predicted octanol–water partition coefficient (Wildman–Crippen LogP) is 2.22. The molecule has 0 bridgehead atoms. The number of hydrogen-bond acceptors (Lipinski definition) is 5. The van der Waals surface area contributed by atoms with Crippen molar-refractivity contribution in [3.8, 4) is 0 Å². The zero-order chi connectivity index (χ0) is 22.6. The molecule has 0 aromatic carbocycles. The van der Waals surface area contributed by atoms with Crippen molar-refractivity contribution in [2.45, 2.75) is 37.2 Å². The molecular weight excluding hydrogens is 460 g/mol. The number of alkyl halides is 6. The second kappa shape index (κ2) is 9.10. The van der Waals surface area contributed by atoms with Crippen molar-refractivity contribution in [2.75, 3.05) is 6.61 Å². The van der Waals surface area contributed by atoms with Crippen LogP contribution in [0.4, 0.5) is 26.3 Å². The SMILES string of the molecule is C[n+]1ccn(CCO[Si](C)(C)C)c1.O=S(=O)([N-]S(=O)(=O)C(F)(F)F)C(F)(F)F. The zero-order valence-electron chi connectivity index (χ0n) is 15.1. The van der Waals surface area contributed by atoms with Gasteiger partial charge in [0.15, 0.2) is 28.4 Å². The van der Waals surface area contributed by atoms with E-state index in [1.54, 1.807) is 0 Å². The summed E-state index contributed by atoms with van der Waals surface area (Å²) in [5.41, 5.74) is -12.4. The normalized spacial score (nSPS) is 13.8. The fourth-order valence-corrected chi connectivity index (χ4v) is 3.72. The Morgan fingerprint density at radius 1 is 1.00 bits per heavy atom. The molecule has 0 unspecified atom stereocenters. The Bertz CT molecular complexity index is 801. The van der Waals surface area contributed by atoms with Crippen molar-refractivity contribution in [1.82, 2.24) is 4.57 Å². The number of rotatable bonds is 6. The lowest BCUT2D eigenvalue weighted by atomic mass is 10.7. The summed E-state index contributed by atoms with van der Waals surface area (Å²) in [6.07, 6.45) is 6.16. The van der Waals surface area contributed by atoms with Gasteiger partial charge in [0.1, 0.15) is 18.9 Å². The van der Waals surface area contributed by atoms with Gasteiger partial charge in [-0.3, -0.25) is 0 Å². The van der Waals surface area contributed by atoms with Crippen molar-refractivity contribution in [3.63, 3.8) is 0 Å². The maximum atomic E-state index is 11.4. The summed E-state index contributed by atoms with van der Waals surface area (Å²) >= 11 is 0. The van der Waals surface area contributed by atoms with Crippen molar-refractivity contribution in [3.05, 3.63) is 22.8 Å². The fourth-order valence-electron chi connectivity index (χ4n) is 1.30. The average molecular weight is 479 g/mol. The number of sulfonamides is 2. The Balaban J connectivity index is 0.000000525. The molecule has 8 nitrogen and oxygen atoms in total. The third-order valence-corrected chi connectivity index (χ3v) is 6.30. The van der Waals surface area contributed by atoms with Crippen LogP contribution in [-0.2, 0) is 38.1 Å². The molecule has 0 aliphatic rings. The van der Waals surface area contributed by atoms with Crippen LogP contribution in [0.25, 0.3) is 4.13 Å². The summed E-state index contributed by atoms with van der Waals surface area (Å²) in [4.78, 5) is 0. The first-order valence-corrected chi connectivity index (χ1v) is 13.5. The Kier molecular flexibility index (Phi) is 8.72. The fraction of sp³-hybridized carbons (Fsp3) is 0.727. The van der Waals surface area contributed by atoms with Crippen LogP contribution in [0.3, 0.4) is 0 Å². The van der Waals surface area contributed by atoms with Crippen molar-refractivity contribution < 1.29 is 52.2 Å². The van der Waals surface area contributed by atoms with E-state index >= 15 is 0 Å². The second-order valence-corrected chi connectivity index (χ2v) is 14.1. The minimum atomic E-state index is -6.72. The molecule has 0 saturated carbocycles. The summed E-state index contributed by atoms with van der Waals surface area (Å²) in [6, 6.07) is 0. The minimum absolute atomic E-state index is 0.778. The van der Waals surface area contributed by atoms with E-state index in [1.165, 1.54) is 0 Å². The molecule has 0 spiro atoms. The molecule has 28 heavy (non-hydrogen) atoms. The van der Waals surface area contributed by atoms with Gasteiger partial charge < -0.3 is 8.55 Å². The molecule has 0 radical (unpaired) electrons. The van der Waals surface area contributed by atoms with Crippen molar-refractivity contribution >= 4 is 28.4 Å². The van der Waals surface area contributed by atoms with E-state index in [2.05, 4.69) is 36.7 Å². The molecule has 0 saturated heterocycles. The predicted molar refractivity (Wildman–Crippen MR) is 88.2 cm³/mol. The Morgan fingerprint density at radius 2 is 1.43 bits per heavy atom. The highest BCUT2D eigenvalue weighted by atomic mass is 32.3. The maximum absolute atomic E-state index is 11.4. The van der Waals surface area contributed by atoms with Crippen molar-refractivity contribution in [2.24, 2.45) is 7.05 Å². The number of halogens is 6. The molecule has 0 aliphatic heterocycles. The van der Waals surface area contributed by atoms with Crippen LogP contribution in [0, 0.1) is 0 Å². The number of nitrogens with zero attached hydrogens (tertiary/aromatic N) is 3. The first-order valence-electron chi connectivity index (χ1n) is 7.20. The van der Waals surface area contributed by atoms with Crippen LogP contribution in [0.15, 0.2) is 18.7 Å². The maximum Gasteiger partial charge on any atom is 0.480 e. The third-order valence-electron chi connectivity index (χ3n) is 2.49. The molecule has 166 valence electrons. The van der Waals surface area contributed by atoms with E-state index in [0.29, 0.717) is 0 Å². The highest BCUT2D eigenvalue weighted by Crippen LogP contribution is 2.36. The lowest BCUT2D eigenvalue weighted by Crippen LogP contribution is -2.30. The average Bonchev–Trinajstić information content (AvgIpc) is 2.79. The lowest BCUT2D eigenvalue weighted by molar-refractivity contribution is -0.671. The van der Waals surface area contributed by atoms with Gasteiger partial charge in [-0.25, -0.2) is 26.0 Å². The van der Waals surface area contributed by atoms with Gasteiger partial charge in [-0.05, 0) is 19.6 Å². The lowest BCUT2D eigenvalue weighted by Gasteiger charge is -2.22. The van der Waals surface area contributed by atoms with E-state index in [0.717, 1.165) is 17.3 Å². The van der Waals surface area contributed by atoms with Crippen LogP contribution in [-0.4, -0.2) is 47.3 Å². The Labute approximate surface area is 159 Å². The van der Waals surface area contributed by atoms with E-state index in [-0.39, 0.29) is 0 Å². The Morgan fingerprint density at radius 3 is 1.71 bits per heavy atom. The number of aromatic nitrogens is 2.